The van der Waals surface area contributed by atoms with Crippen LogP contribution in [0.25, 0.3) is 0 Å². The van der Waals surface area contributed by atoms with Crippen LogP contribution in [0.5, 0.6) is 0 Å². The Bertz CT molecular complexity index is 336. The second-order valence-electron chi connectivity index (χ2n) is 4.84. The summed E-state index contributed by atoms with van der Waals surface area (Å²) in [5.41, 5.74) is 0. The first-order chi connectivity index (χ1) is 8.53. The molecular weight excluding hydrogens is 238 g/mol. The molecule has 0 N–H and O–H groups in total. The molecule has 1 heterocycles. The highest BCUT2D eigenvalue weighted by Gasteiger charge is 2.79. The first kappa shape index (κ1) is 13.7. The van der Waals surface area contributed by atoms with Crippen LogP contribution in [-0.2, 0) is 23.7 Å². The van der Waals surface area contributed by atoms with Gasteiger partial charge in [-0.2, -0.15) is 0 Å². The average molecular weight is 259 g/mol. The van der Waals surface area contributed by atoms with Crippen molar-refractivity contribution in [1.29, 1.82) is 0 Å². The third-order valence-corrected chi connectivity index (χ3v) is 4.00. The van der Waals surface area contributed by atoms with Crippen LogP contribution in [0.15, 0.2) is 0 Å². The van der Waals surface area contributed by atoms with Crippen molar-refractivity contribution in [2.45, 2.75) is 31.0 Å². The summed E-state index contributed by atoms with van der Waals surface area (Å²) in [7, 11) is 6.63. The van der Waals surface area contributed by atoms with Gasteiger partial charge in [-0.15, -0.1) is 0 Å². The van der Waals surface area contributed by atoms with Crippen LogP contribution in [0.2, 0.25) is 0 Å². The number of likely N-dealkylation sites (N-methyl/N-ethyl adjacent to an activating group) is 1. The maximum atomic E-state index is 11.5. The van der Waals surface area contributed by atoms with E-state index in [9.17, 15) is 4.79 Å². The van der Waals surface area contributed by atoms with Crippen molar-refractivity contribution in [2.75, 3.05) is 35.0 Å². The predicted octanol–water partition coefficient (Wildman–Crippen LogP) is -0.134. The maximum Gasteiger partial charge on any atom is 0.219 e. The molecule has 0 aromatic carbocycles. The highest BCUT2D eigenvalue weighted by molar-refractivity contribution is 5.74. The summed E-state index contributed by atoms with van der Waals surface area (Å²) in [6, 6.07) is -0.0851. The molecule has 6 heteroatoms. The topological polar surface area (TPSA) is 57.2 Å². The van der Waals surface area contributed by atoms with Gasteiger partial charge >= 0.3 is 0 Å². The quantitative estimate of drug-likeness (QED) is 0.688. The van der Waals surface area contributed by atoms with E-state index in [1.54, 1.807) is 33.3 Å². The van der Waals surface area contributed by atoms with Crippen molar-refractivity contribution in [2.24, 2.45) is 5.92 Å². The number of amides is 1. The third-order valence-electron chi connectivity index (χ3n) is 4.00. The van der Waals surface area contributed by atoms with Gasteiger partial charge < -0.3 is 23.8 Å². The van der Waals surface area contributed by atoms with E-state index in [-0.39, 0.29) is 30.1 Å². The van der Waals surface area contributed by atoms with E-state index in [2.05, 4.69) is 0 Å². The minimum Gasteiger partial charge on any atom is -0.382 e. The Morgan fingerprint density at radius 3 is 2.50 bits per heavy atom. The Morgan fingerprint density at radius 1 is 1.39 bits per heavy atom. The summed E-state index contributed by atoms with van der Waals surface area (Å²) in [5, 5.41) is 0. The molecule has 6 nitrogen and oxygen atoms in total. The van der Waals surface area contributed by atoms with Crippen molar-refractivity contribution in [3.8, 4) is 0 Å². The van der Waals surface area contributed by atoms with E-state index in [4.69, 9.17) is 18.9 Å². The number of ether oxygens (including phenoxy) is 4. The first-order valence-corrected chi connectivity index (χ1v) is 6.01. The number of nitrogens with zero attached hydrogens (tertiary/aromatic N) is 1. The van der Waals surface area contributed by atoms with Gasteiger partial charge in [0.05, 0.1) is 24.7 Å². The SMILES string of the molecule is COCC1OC2(OC)C(C1OC)C2N(C)C(C)=O. The largest absolute Gasteiger partial charge is 0.382 e. The van der Waals surface area contributed by atoms with Crippen LogP contribution in [0.1, 0.15) is 6.92 Å². The maximum absolute atomic E-state index is 11.5. The molecule has 2 rings (SSSR count). The molecule has 2 fully saturated rings. The molecule has 1 aliphatic carbocycles. The lowest BCUT2D eigenvalue weighted by Crippen LogP contribution is -2.42. The second-order valence-corrected chi connectivity index (χ2v) is 4.84. The minimum absolute atomic E-state index is 0.00688. The zero-order chi connectivity index (χ0) is 13.5. The normalized spacial score (nSPS) is 41.6. The number of hydrogen-bond donors (Lipinski definition) is 0. The standard InChI is InChI=1S/C12H21NO5/c1-7(14)13(2)11-9-10(16-4)8(6-15-3)18-12(9,11)17-5/h8-11H,6H2,1-5H3. The highest BCUT2D eigenvalue weighted by atomic mass is 16.7. The van der Waals surface area contributed by atoms with E-state index in [1.165, 1.54) is 6.92 Å². The highest BCUT2D eigenvalue weighted by Crippen LogP contribution is 2.59. The van der Waals surface area contributed by atoms with Crippen LogP contribution in [0, 0.1) is 5.92 Å². The van der Waals surface area contributed by atoms with Crippen molar-refractivity contribution >= 4 is 5.91 Å². The molecule has 18 heavy (non-hydrogen) atoms. The van der Waals surface area contributed by atoms with Gasteiger partial charge in [-0.1, -0.05) is 0 Å². The average Bonchev–Trinajstić information content (AvgIpc) is 2.87. The lowest BCUT2D eigenvalue weighted by molar-refractivity contribution is -0.189. The van der Waals surface area contributed by atoms with Crippen molar-refractivity contribution in [1.82, 2.24) is 4.90 Å². The molecule has 0 bridgehead atoms. The van der Waals surface area contributed by atoms with Gasteiger partial charge in [-0.3, -0.25) is 4.79 Å². The molecule has 5 unspecified atom stereocenters. The molecule has 2 aliphatic rings. The van der Waals surface area contributed by atoms with E-state index < -0.39 is 5.79 Å². The molecule has 0 spiro atoms. The Morgan fingerprint density at radius 2 is 2.06 bits per heavy atom. The molecule has 0 aromatic heterocycles. The minimum atomic E-state index is -0.732. The van der Waals surface area contributed by atoms with Gasteiger partial charge in [0.25, 0.3) is 0 Å². The summed E-state index contributed by atoms with van der Waals surface area (Å²) in [6.07, 6.45) is -0.266. The van der Waals surface area contributed by atoms with Gasteiger partial charge in [-0.05, 0) is 0 Å². The monoisotopic (exact) mass is 259 g/mol. The van der Waals surface area contributed by atoms with E-state index in [0.717, 1.165) is 0 Å². The van der Waals surface area contributed by atoms with Crippen LogP contribution < -0.4 is 0 Å². The fourth-order valence-electron chi connectivity index (χ4n) is 3.04. The smallest absolute Gasteiger partial charge is 0.219 e. The summed E-state index contributed by atoms with van der Waals surface area (Å²) < 4.78 is 22.1. The number of fused-ring (bicyclic) bond motifs is 1. The molecule has 0 aromatic rings. The van der Waals surface area contributed by atoms with Crippen LogP contribution in [0.3, 0.4) is 0 Å². The van der Waals surface area contributed by atoms with E-state index in [1.807, 2.05) is 0 Å². The number of carbonyl (C=O) groups is 1. The lowest BCUT2D eigenvalue weighted by atomic mass is 10.1. The number of hydrogen-bond acceptors (Lipinski definition) is 5. The zero-order valence-electron chi connectivity index (χ0n) is 11.5. The Hall–Kier alpha value is -0.690. The molecule has 104 valence electrons. The van der Waals surface area contributed by atoms with E-state index >= 15 is 0 Å². The summed E-state index contributed by atoms with van der Waals surface area (Å²) >= 11 is 0. The molecule has 1 amide bonds. The fourth-order valence-corrected chi connectivity index (χ4v) is 3.04. The van der Waals surface area contributed by atoms with E-state index in [0.29, 0.717) is 6.61 Å². The lowest BCUT2D eigenvalue weighted by Gasteiger charge is -2.27. The van der Waals surface area contributed by atoms with Gasteiger partial charge in [0.15, 0.2) is 5.79 Å². The Balaban J connectivity index is 2.15. The van der Waals surface area contributed by atoms with Crippen LogP contribution in [-0.4, -0.2) is 69.8 Å². The number of carbonyl (C=O) groups excluding carboxylic acids is 1. The predicted molar refractivity (Wildman–Crippen MR) is 63.0 cm³/mol. The van der Waals surface area contributed by atoms with Crippen molar-refractivity contribution < 1.29 is 23.7 Å². The van der Waals surface area contributed by atoms with Crippen LogP contribution in [0.4, 0.5) is 0 Å². The first-order valence-electron chi connectivity index (χ1n) is 6.01. The summed E-state index contributed by atoms with van der Waals surface area (Å²) in [5.74, 6) is -0.696. The number of methoxy groups -OCH3 is 3. The summed E-state index contributed by atoms with van der Waals surface area (Å²) in [6.45, 7) is 1.99. The van der Waals surface area contributed by atoms with Gasteiger partial charge in [0.1, 0.15) is 6.10 Å². The van der Waals surface area contributed by atoms with Crippen molar-refractivity contribution in [3.63, 3.8) is 0 Å². The molecule has 1 aliphatic heterocycles. The van der Waals surface area contributed by atoms with Gasteiger partial charge in [0.2, 0.25) is 5.91 Å². The second kappa shape index (κ2) is 4.77. The molecular formula is C12H21NO5. The Kier molecular flexibility index (Phi) is 3.64. The molecule has 0 radical (unpaired) electrons. The Labute approximate surface area is 107 Å². The third kappa shape index (κ3) is 1.75. The fraction of sp³-hybridized carbons (Fsp3) is 0.917. The number of rotatable bonds is 5. The van der Waals surface area contributed by atoms with Crippen LogP contribution >= 0.6 is 0 Å². The van der Waals surface area contributed by atoms with Gasteiger partial charge in [0, 0.05) is 35.3 Å². The van der Waals surface area contributed by atoms with Crippen molar-refractivity contribution in [3.05, 3.63) is 0 Å². The van der Waals surface area contributed by atoms with Gasteiger partial charge in [-0.25, -0.2) is 0 Å². The molecule has 1 saturated carbocycles. The zero-order valence-corrected chi connectivity index (χ0v) is 11.5. The summed E-state index contributed by atoms with van der Waals surface area (Å²) in [4.78, 5) is 13.1. The molecule has 5 atom stereocenters. The molecule has 1 saturated heterocycles.